The van der Waals surface area contributed by atoms with Crippen molar-refractivity contribution >= 4 is 54.1 Å². The lowest BCUT2D eigenvalue weighted by molar-refractivity contribution is -0.114. The number of nitrogens with two attached hydrogens (primary N) is 1. The minimum atomic E-state index is 0.443. The highest BCUT2D eigenvalue weighted by Gasteiger charge is 2.50. The van der Waals surface area contributed by atoms with Crippen molar-refractivity contribution in [2.45, 2.75) is 30.9 Å². The van der Waals surface area contributed by atoms with Crippen molar-refractivity contribution in [1.82, 2.24) is 5.32 Å². The number of hydrogen-bond donors (Lipinski definition) is 2. The van der Waals surface area contributed by atoms with Crippen LogP contribution in [-0.4, -0.2) is 30.7 Å². The number of amides is 3. The normalized spacial score (nSPS) is 23.9. The van der Waals surface area contributed by atoms with Gasteiger partial charge in [0.25, 0.3) is 0 Å². The molecule has 2 aromatic carbocycles. The van der Waals surface area contributed by atoms with E-state index in [0.29, 0.717) is 24.2 Å². The number of carbonyl (C=O) groups is 3. The number of rotatable bonds is 6. The van der Waals surface area contributed by atoms with Crippen LogP contribution in [0.4, 0.5) is 11.4 Å². The van der Waals surface area contributed by atoms with E-state index in [1.165, 1.54) is 30.6 Å². The van der Waals surface area contributed by atoms with E-state index in [2.05, 4.69) is 11.6 Å². The van der Waals surface area contributed by atoms with Crippen LogP contribution in [0.15, 0.2) is 70.6 Å². The lowest BCUT2D eigenvalue weighted by Gasteiger charge is -2.36. The highest BCUT2D eigenvalue weighted by molar-refractivity contribution is 8.06. The highest BCUT2D eigenvalue weighted by Crippen LogP contribution is 2.59. The lowest BCUT2D eigenvalue weighted by atomic mass is 9.85. The summed E-state index contributed by atoms with van der Waals surface area (Å²) in [6.07, 6.45) is 9.35. The molecule has 2 aliphatic carbocycles. The van der Waals surface area contributed by atoms with Crippen molar-refractivity contribution < 1.29 is 14.4 Å². The summed E-state index contributed by atoms with van der Waals surface area (Å²) in [7, 11) is 0. The van der Waals surface area contributed by atoms with Crippen LogP contribution < -0.4 is 16.0 Å². The van der Waals surface area contributed by atoms with Crippen LogP contribution in [0.1, 0.15) is 25.7 Å². The Kier molecular flexibility index (Phi) is 10.1. The topological polar surface area (TPSA) is 92.5 Å². The number of fused-ring (bicyclic) bond motifs is 5. The van der Waals surface area contributed by atoms with Crippen molar-refractivity contribution in [3.05, 3.63) is 70.6 Å². The summed E-state index contributed by atoms with van der Waals surface area (Å²) in [5.41, 5.74) is 6.52. The number of hydrogen-bond acceptors (Lipinski definition) is 6. The van der Waals surface area contributed by atoms with E-state index >= 15 is 0 Å². The molecule has 3 amide bonds. The number of anilines is 2. The summed E-state index contributed by atoms with van der Waals surface area (Å²) in [4.78, 5) is 33.5. The van der Waals surface area contributed by atoms with Crippen LogP contribution in [0.5, 0.6) is 0 Å². The molecule has 8 heteroatoms. The number of imide groups is 1. The van der Waals surface area contributed by atoms with Gasteiger partial charge in [0, 0.05) is 15.8 Å². The molecule has 6 nitrogen and oxygen atoms in total. The Hall–Kier alpha value is -2.71. The molecule has 5 rings (SSSR count). The molecule has 2 saturated carbocycles. The molecule has 2 bridgehead atoms. The first-order chi connectivity index (χ1) is 16.6. The number of carbonyl (C=O) groups excluding carboxylic acids is 3. The first-order valence-corrected chi connectivity index (χ1v) is 13.4. The Morgan fingerprint density at radius 3 is 2.09 bits per heavy atom. The number of allylic oxidation sites excluding steroid dienone is 1. The zero-order valence-electron chi connectivity index (χ0n) is 19.2. The molecule has 4 atom stereocenters. The van der Waals surface area contributed by atoms with Crippen molar-refractivity contribution in [1.29, 1.82) is 0 Å². The van der Waals surface area contributed by atoms with Gasteiger partial charge in [-0.05, 0) is 74.0 Å². The van der Waals surface area contributed by atoms with Gasteiger partial charge >= 0.3 is 0 Å². The molecule has 1 heterocycles. The summed E-state index contributed by atoms with van der Waals surface area (Å²) in [5.74, 6) is 2.79. The van der Waals surface area contributed by atoms with E-state index in [0.717, 1.165) is 39.3 Å². The molecule has 0 spiro atoms. The van der Waals surface area contributed by atoms with Crippen molar-refractivity contribution in [3.63, 3.8) is 0 Å². The maximum Gasteiger partial charge on any atom is 0.220 e. The van der Waals surface area contributed by atoms with Gasteiger partial charge in [-0.25, -0.2) is 0 Å². The quantitative estimate of drug-likeness (QED) is 0.436. The maximum atomic E-state index is 10.6. The molecular formula is C26H31N3O3S2. The zero-order valence-corrected chi connectivity index (χ0v) is 20.8. The molecule has 0 aromatic heterocycles. The predicted octanol–water partition coefficient (Wildman–Crippen LogP) is 4.89. The summed E-state index contributed by atoms with van der Waals surface area (Å²) in [5, 5.41) is 4.82. The van der Waals surface area contributed by atoms with Gasteiger partial charge in [-0.1, -0.05) is 36.4 Å². The fraction of sp³-hybridized carbons (Fsp3) is 0.346. The summed E-state index contributed by atoms with van der Waals surface area (Å²) >= 11 is 3.75. The first kappa shape index (κ1) is 25.9. The minimum Gasteiger partial charge on any atom is -0.399 e. The third-order valence-corrected chi connectivity index (χ3v) is 9.05. The van der Waals surface area contributed by atoms with Gasteiger partial charge in [0.2, 0.25) is 19.2 Å². The number of nitrogens with one attached hydrogen (secondary N) is 1. The average Bonchev–Trinajstić information content (AvgIpc) is 3.50. The van der Waals surface area contributed by atoms with Gasteiger partial charge in [0.1, 0.15) is 0 Å². The monoisotopic (exact) mass is 497 g/mol. The molecule has 3 N–H and O–H groups in total. The summed E-state index contributed by atoms with van der Waals surface area (Å²) < 4.78 is 0. The summed E-state index contributed by atoms with van der Waals surface area (Å²) in [6.45, 7) is 0. The van der Waals surface area contributed by atoms with E-state index in [4.69, 9.17) is 5.73 Å². The summed E-state index contributed by atoms with van der Waals surface area (Å²) in [6, 6.07) is 18.4. The van der Waals surface area contributed by atoms with E-state index < -0.39 is 0 Å². The molecule has 1 aliphatic heterocycles. The Morgan fingerprint density at radius 1 is 0.971 bits per heavy atom. The van der Waals surface area contributed by atoms with Crippen molar-refractivity contribution in [2.75, 3.05) is 16.9 Å². The molecule has 3 aliphatic rings. The lowest BCUT2D eigenvalue weighted by Crippen LogP contribution is -2.30. The zero-order chi connectivity index (χ0) is 24.3. The van der Waals surface area contributed by atoms with Crippen LogP contribution >= 0.6 is 23.5 Å². The fourth-order valence-electron chi connectivity index (χ4n) is 4.85. The van der Waals surface area contributed by atoms with Crippen LogP contribution in [0.3, 0.4) is 0 Å². The second-order valence-electron chi connectivity index (χ2n) is 8.37. The molecule has 0 saturated heterocycles. The van der Waals surface area contributed by atoms with Crippen LogP contribution in [0, 0.1) is 17.8 Å². The van der Waals surface area contributed by atoms with Crippen LogP contribution in [0.2, 0.25) is 0 Å². The molecule has 2 aromatic rings. The SMILES string of the molecule is CSC1=C(NC=O)S[C@H]2[C@@H]3CC[C@@H](C3)[C@H]2C1.Nc1ccc(N(C=O)C=O)cc1.c1ccccc1. The van der Waals surface area contributed by atoms with Gasteiger partial charge in [-0.15, -0.1) is 23.5 Å². The Bertz CT molecular complexity index is 934. The standard InChI is InChI=1S/C12H17NOS2.C8H8N2O2.C6H6/c1-15-10-5-9-7-2-3-8(4-7)11(9)16-12(10)13-6-14;9-7-1-3-8(4-2-7)10(5-11)6-12;1-2-4-6-5-3-1/h6-9,11H,2-5H2,1H3,(H,13,14);1-6H,9H2;1-6H/t7-,8+,9+,11-;;/m0../s1. The van der Waals surface area contributed by atoms with Crippen LogP contribution in [0.25, 0.3) is 0 Å². The smallest absolute Gasteiger partial charge is 0.220 e. The molecule has 0 unspecified atom stereocenters. The Morgan fingerprint density at radius 2 is 1.56 bits per heavy atom. The Balaban J connectivity index is 0.000000158. The number of thioether (sulfide) groups is 2. The molecule has 180 valence electrons. The van der Waals surface area contributed by atoms with Crippen molar-refractivity contribution in [3.8, 4) is 0 Å². The third-order valence-electron chi connectivity index (χ3n) is 6.46. The second kappa shape index (κ2) is 13.2. The number of nitrogen functional groups attached to an aromatic ring is 1. The largest absolute Gasteiger partial charge is 0.399 e. The van der Waals surface area contributed by atoms with Gasteiger partial charge in [-0.3, -0.25) is 19.3 Å². The third kappa shape index (κ3) is 6.67. The maximum absolute atomic E-state index is 10.6. The van der Waals surface area contributed by atoms with Gasteiger partial charge in [0.15, 0.2) is 0 Å². The molecular weight excluding hydrogens is 466 g/mol. The highest BCUT2D eigenvalue weighted by atomic mass is 32.2. The van der Waals surface area contributed by atoms with E-state index in [1.807, 2.05) is 59.9 Å². The average molecular weight is 498 g/mol. The number of benzene rings is 2. The first-order valence-electron chi connectivity index (χ1n) is 11.3. The minimum absolute atomic E-state index is 0.443. The molecule has 2 fully saturated rings. The van der Waals surface area contributed by atoms with E-state index in [9.17, 15) is 14.4 Å². The van der Waals surface area contributed by atoms with E-state index in [-0.39, 0.29) is 0 Å². The predicted molar refractivity (Wildman–Crippen MR) is 142 cm³/mol. The Labute approximate surface area is 209 Å². The molecule has 34 heavy (non-hydrogen) atoms. The van der Waals surface area contributed by atoms with E-state index in [1.54, 1.807) is 24.3 Å². The second-order valence-corrected chi connectivity index (χ2v) is 10.5. The van der Waals surface area contributed by atoms with Gasteiger partial charge in [-0.2, -0.15) is 0 Å². The number of nitrogens with zero attached hydrogens (tertiary/aromatic N) is 1. The van der Waals surface area contributed by atoms with Gasteiger partial charge < -0.3 is 11.1 Å². The van der Waals surface area contributed by atoms with Crippen molar-refractivity contribution in [2.24, 2.45) is 17.8 Å². The fourth-order valence-corrected chi connectivity index (χ4v) is 7.39. The van der Waals surface area contributed by atoms with Crippen LogP contribution in [-0.2, 0) is 14.4 Å². The van der Waals surface area contributed by atoms with Gasteiger partial charge in [0.05, 0.1) is 10.7 Å². The molecule has 0 radical (unpaired) electrons.